The first kappa shape index (κ1) is 27.3. The minimum absolute atomic E-state index is 0.277. The molecule has 0 radical (unpaired) electrons. The number of alkyl carbamates (subject to hydrolysis) is 1. The van der Waals surface area contributed by atoms with Crippen LogP contribution in [-0.4, -0.2) is 41.1 Å². The third-order valence-corrected chi connectivity index (χ3v) is 5.96. The second kappa shape index (κ2) is 10.4. The maximum atomic E-state index is 12.3. The number of ether oxygens (including phenoxy) is 2. The van der Waals surface area contributed by atoms with E-state index in [-0.39, 0.29) is 12.3 Å². The largest absolute Gasteiger partial charge is 0.494 e. The normalized spacial score (nSPS) is 17.0. The average Bonchev–Trinajstić information content (AvgIpc) is 2.98. The lowest BCUT2D eigenvalue weighted by molar-refractivity contribution is -0.133. The van der Waals surface area contributed by atoms with Crippen LogP contribution in [0.25, 0.3) is 6.08 Å². The summed E-state index contributed by atoms with van der Waals surface area (Å²) in [5, 5.41) is 12.1. The smallest absolute Gasteiger partial charge is 0.488 e. The quantitative estimate of drug-likeness (QED) is 0.430. The molecule has 2 aromatic rings. The van der Waals surface area contributed by atoms with E-state index in [1.54, 1.807) is 32.9 Å². The zero-order valence-electron chi connectivity index (χ0n) is 21.9. The van der Waals surface area contributed by atoms with Crippen LogP contribution in [-0.2, 0) is 25.4 Å². The highest BCUT2D eigenvalue weighted by Gasteiger charge is 2.51. The maximum absolute atomic E-state index is 12.3. The van der Waals surface area contributed by atoms with Crippen molar-refractivity contribution in [3.8, 4) is 5.75 Å². The van der Waals surface area contributed by atoms with E-state index in [0.717, 1.165) is 5.56 Å². The summed E-state index contributed by atoms with van der Waals surface area (Å²) in [6, 6.07) is 14.9. The number of hydrogen-bond donors (Lipinski definition) is 2. The number of carbonyl (C=O) groups excluding carboxylic acids is 1. The molecule has 1 aliphatic heterocycles. The summed E-state index contributed by atoms with van der Waals surface area (Å²) in [4.78, 5) is 24.2. The van der Waals surface area contributed by atoms with E-state index in [1.807, 2.05) is 64.1 Å². The minimum Gasteiger partial charge on any atom is -0.488 e. The van der Waals surface area contributed by atoms with Crippen molar-refractivity contribution < 1.29 is 33.5 Å². The standard InChI is InChI=1S/C27H34BNO7/c1-25(2,3)34-24(32)29-21(23(30)31)16-19-15-20(28-35-26(4,5)27(6,7)36-28)13-14-22(19)33-17-18-11-9-8-10-12-18/h8-16H,17H2,1-7H3,(H,29,32)(H,30,31)/b21-16-. The van der Waals surface area contributed by atoms with E-state index in [9.17, 15) is 14.7 Å². The van der Waals surface area contributed by atoms with Crippen LogP contribution >= 0.6 is 0 Å². The lowest BCUT2D eigenvalue weighted by atomic mass is 9.78. The van der Waals surface area contributed by atoms with Crippen LogP contribution in [0.2, 0.25) is 0 Å². The molecule has 1 aliphatic rings. The summed E-state index contributed by atoms with van der Waals surface area (Å²) < 4.78 is 23.6. The fourth-order valence-corrected chi connectivity index (χ4v) is 3.39. The molecule has 1 amide bonds. The molecule has 1 heterocycles. The molecule has 2 aromatic carbocycles. The van der Waals surface area contributed by atoms with E-state index in [4.69, 9.17) is 18.8 Å². The summed E-state index contributed by atoms with van der Waals surface area (Å²) in [7, 11) is -0.655. The number of carboxylic acid groups (broad SMARTS) is 1. The highest BCUT2D eigenvalue weighted by Crippen LogP contribution is 2.37. The second-order valence-electron chi connectivity index (χ2n) is 10.6. The molecule has 1 fully saturated rings. The monoisotopic (exact) mass is 495 g/mol. The SMILES string of the molecule is CC(C)(C)OC(=O)N/C(=C\c1cc(B2OC(C)(C)C(C)(C)O2)ccc1OCc1ccccc1)C(=O)O. The van der Waals surface area contributed by atoms with Crippen molar-refractivity contribution in [2.75, 3.05) is 0 Å². The molecule has 192 valence electrons. The number of hydrogen-bond acceptors (Lipinski definition) is 6. The first-order valence-corrected chi connectivity index (χ1v) is 11.8. The predicted octanol–water partition coefficient (Wildman–Crippen LogP) is 4.52. The Labute approximate surface area is 212 Å². The Bertz CT molecular complexity index is 1120. The Morgan fingerprint density at radius 2 is 1.64 bits per heavy atom. The van der Waals surface area contributed by atoms with E-state index in [2.05, 4.69) is 5.32 Å². The van der Waals surface area contributed by atoms with Crippen LogP contribution < -0.4 is 15.5 Å². The van der Waals surface area contributed by atoms with Crippen LogP contribution in [0.1, 0.15) is 59.6 Å². The van der Waals surface area contributed by atoms with Crippen molar-refractivity contribution in [1.82, 2.24) is 5.32 Å². The molecule has 2 N–H and O–H groups in total. The molecular weight excluding hydrogens is 461 g/mol. The zero-order valence-corrected chi connectivity index (χ0v) is 21.9. The van der Waals surface area contributed by atoms with E-state index < -0.39 is 36.0 Å². The molecule has 0 aliphatic carbocycles. The van der Waals surface area contributed by atoms with Gasteiger partial charge in [0.1, 0.15) is 23.7 Å². The number of carboxylic acids is 1. The molecule has 0 aromatic heterocycles. The first-order valence-electron chi connectivity index (χ1n) is 11.8. The third kappa shape index (κ3) is 6.89. The van der Waals surface area contributed by atoms with Gasteiger partial charge in [-0.3, -0.25) is 5.32 Å². The van der Waals surface area contributed by atoms with E-state index in [1.165, 1.54) is 6.08 Å². The molecule has 36 heavy (non-hydrogen) atoms. The van der Waals surface area contributed by atoms with Gasteiger partial charge in [0.15, 0.2) is 0 Å². The van der Waals surface area contributed by atoms with Crippen LogP contribution in [0.5, 0.6) is 5.75 Å². The second-order valence-corrected chi connectivity index (χ2v) is 10.6. The Balaban J connectivity index is 1.97. The Kier molecular flexibility index (Phi) is 7.86. The van der Waals surface area contributed by atoms with E-state index in [0.29, 0.717) is 16.8 Å². The maximum Gasteiger partial charge on any atom is 0.494 e. The van der Waals surface area contributed by atoms with Gasteiger partial charge < -0.3 is 23.9 Å². The highest BCUT2D eigenvalue weighted by atomic mass is 16.7. The van der Waals surface area contributed by atoms with Gasteiger partial charge in [-0.1, -0.05) is 42.5 Å². The average molecular weight is 495 g/mol. The third-order valence-electron chi connectivity index (χ3n) is 5.96. The topological polar surface area (TPSA) is 103 Å². The fraction of sp³-hybridized carbons (Fsp3) is 0.407. The molecule has 1 saturated heterocycles. The van der Waals surface area contributed by atoms with Crippen molar-refractivity contribution in [1.29, 1.82) is 0 Å². The van der Waals surface area contributed by atoms with Crippen LogP contribution in [0, 0.1) is 0 Å². The minimum atomic E-state index is -1.32. The van der Waals surface area contributed by atoms with Gasteiger partial charge in [-0.15, -0.1) is 0 Å². The number of amides is 1. The Hall–Kier alpha value is -3.30. The van der Waals surface area contributed by atoms with Crippen molar-refractivity contribution in [2.45, 2.75) is 71.9 Å². The number of rotatable bonds is 7. The molecule has 9 heteroatoms. The summed E-state index contributed by atoms with van der Waals surface area (Å²) >= 11 is 0. The highest BCUT2D eigenvalue weighted by molar-refractivity contribution is 6.62. The summed E-state index contributed by atoms with van der Waals surface area (Å²) in [5.41, 5.74) is -0.149. The molecule has 0 bridgehead atoms. The first-order chi connectivity index (χ1) is 16.7. The van der Waals surface area contributed by atoms with Gasteiger partial charge in [-0.25, -0.2) is 9.59 Å². The van der Waals surface area contributed by atoms with Gasteiger partial charge >= 0.3 is 19.2 Å². The van der Waals surface area contributed by atoms with Gasteiger partial charge in [0.05, 0.1) is 11.2 Å². The molecule has 0 spiro atoms. The molecule has 0 saturated carbocycles. The van der Waals surface area contributed by atoms with Crippen molar-refractivity contribution in [2.24, 2.45) is 0 Å². The van der Waals surface area contributed by atoms with Crippen molar-refractivity contribution >= 4 is 30.7 Å². The van der Waals surface area contributed by atoms with Crippen LogP contribution in [0.15, 0.2) is 54.2 Å². The molecule has 0 atom stereocenters. The predicted molar refractivity (Wildman–Crippen MR) is 138 cm³/mol. The number of aliphatic carboxylic acids is 1. The lowest BCUT2D eigenvalue weighted by Crippen LogP contribution is -2.41. The van der Waals surface area contributed by atoms with Gasteiger partial charge in [-0.05, 0) is 71.6 Å². The number of carbonyl (C=O) groups is 2. The zero-order chi connectivity index (χ0) is 26.7. The van der Waals surface area contributed by atoms with Gasteiger partial charge in [0.25, 0.3) is 0 Å². The molecule has 8 nitrogen and oxygen atoms in total. The van der Waals surface area contributed by atoms with Crippen molar-refractivity contribution in [3.05, 3.63) is 65.4 Å². The Morgan fingerprint density at radius 3 is 2.19 bits per heavy atom. The number of nitrogens with one attached hydrogen (secondary N) is 1. The van der Waals surface area contributed by atoms with Crippen LogP contribution in [0.4, 0.5) is 4.79 Å². The Morgan fingerprint density at radius 1 is 1.03 bits per heavy atom. The van der Waals surface area contributed by atoms with E-state index >= 15 is 0 Å². The lowest BCUT2D eigenvalue weighted by Gasteiger charge is -2.32. The molecule has 0 unspecified atom stereocenters. The summed E-state index contributed by atoms with van der Waals surface area (Å²) in [6.45, 7) is 13.2. The fourth-order valence-electron chi connectivity index (χ4n) is 3.39. The van der Waals surface area contributed by atoms with Gasteiger partial charge in [0.2, 0.25) is 0 Å². The molecular formula is C27H34BNO7. The summed E-state index contributed by atoms with van der Waals surface area (Å²) in [6.07, 6.45) is 0.464. The summed E-state index contributed by atoms with van der Waals surface area (Å²) in [5.74, 6) is -0.889. The van der Waals surface area contributed by atoms with Gasteiger partial charge in [0, 0.05) is 5.56 Å². The van der Waals surface area contributed by atoms with Crippen molar-refractivity contribution in [3.63, 3.8) is 0 Å². The molecule has 3 rings (SSSR count). The number of benzene rings is 2. The van der Waals surface area contributed by atoms with Crippen LogP contribution in [0.3, 0.4) is 0 Å². The van der Waals surface area contributed by atoms with Gasteiger partial charge in [-0.2, -0.15) is 0 Å².